The van der Waals surface area contributed by atoms with Gasteiger partial charge < -0.3 is 14.2 Å². The van der Waals surface area contributed by atoms with Crippen molar-refractivity contribution in [3.63, 3.8) is 0 Å². The average Bonchev–Trinajstić information content (AvgIpc) is 2.55. The van der Waals surface area contributed by atoms with Crippen LogP contribution in [0.1, 0.15) is 28.4 Å². The maximum Gasteiger partial charge on any atom is 0.342 e. The molecular formula is C18H20O4. The van der Waals surface area contributed by atoms with E-state index in [9.17, 15) is 4.79 Å². The summed E-state index contributed by atoms with van der Waals surface area (Å²) in [4.78, 5) is 12.1. The number of carbonyl (C=O) groups is 1. The molecule has 0 aromatic heterocycles. The molecule has 0 bridgehead atoms. The fraction of sp³-hybridized carbons (Fsp3) is 0.278. The summed E-state index contributed by atoms with van der Waals surface area (Å²) in [7, 11) is 1.53. The summed E-state index contributed by atoms with van der Waals surface area (Å²) in [6.07, 6.45) is 0. The van der Waals surface area contributed by atoms with Crippen LogP contribution in [0.3, 0.4) is 0 Å². The number of hydrogen-bond donors (Lipinski definition) is 0. The van der Waals surface area contributed by atoms with Crippen LogP contribution in [-0.4, -0.2) is 19.7 Å². The second-order valence-corrected chi connectivity index (χ2v) is 4.69. The van der Waals surface area contributed by atoms with E-state index in [4.69, 9.17) is 14.2 Å². The molecule has 0 heterocycles. The first-order valence-corrected chi connectivity index (χ1v) is 7.21. The largest absolute Gasteiger partial charge is 0.496 e. The maximum atomic E-state index is 12.1. The van der Waals surface area contributed by atoms with Crippen LogP contribution in [0.15, 0.2) is 48.5 Å². The minimum absolute atomic E-state index is 0.320. The first-order chi connectivity index (χ1) is 10.8. The molecule has 2 aromatic rings. The molecule has 0 amide bonds. The van der Waals surface area contributed by atoms with Gasteiger partial charge >= 0.3 is 5.97 Å². The molecule has 0 aliphatic heterocycles. The molecule has 0 unspecified atom stereocenters. The van der Waals surface area contributed by atoms with E-state index in [2.05, 4.69) is 0 Å². The van der Waals surface area contributed by atoms with E-state index in [1.807, 2.05) is 42.5 Å². The minimum atomic E-state index is -0.390. The Labute approximate surface area is 130 Å². The standard InChI is InChI=1S/C18H20O4/c1-3-22-18(19)17-15(10-7-11-16(17)20-2)13-21-12-14-8-5-4-6-9-14/h4-11H,3,12-13H2,1-2H3. The topological polar surface area (TPSA) is 44.8 Å². The van der Waals surface area contributed by atoms with Gasteiger partial charge in [0, 0.05) is 0 Å². The summed E-state index contributed by atoms with van der Waals surface area (Å²) in [5.74, 6) is 0.109. The summed E-state index contributed by atoms with van der Waals surface area (Å²) in [6.45, 7) is 2.90. The Morgan fingerprint density at radius 1 is 1.00 bits per heavy atom. The van der Waals surface area contributed by atoms with Crippen LogP contribution in [0.4, 0.5) is 0 Å². The van der Waals surface area contributed by atoms with Crippen molar-refractivity contribution >= 4 is 5.97 Å². The zero-order valence-electron chi connectivity index (χ0n) is 12.9. The molecule has 0 radical (unpaired) electrons. The molecule has 116 valence electrons. The molecule has 4 nitrogen and oxygen atoms in total. The average molecular weight is 300 g/mol. The van der Waals surface area contributed by atoms with Crippen LogP contribution in [0.25, 0.3) is 0 Å². The number of esters is 1. The van der Waals surface area contributed by atoms with Gasteiger partial charge in [0.15, 0.2) is 0 Å². The summed E-state index contributed by atoms with van der Waals surface area (Å²) < 4.78 is 16.1. The minimum Gasteiger partial charge on any atom is -0.496 e. The Kier molecular flexibility index (Phi) is 5.98. The zero-order chi connectivity index (χ0) is 15.8. The Hall–Kier alpha value is -2.33. The summed E-state index contributed by atoms with van der Waals surface area (Å²) in [6, 6.07) is 15.3. The molecule has 2 rings (SSSR count). The van der Waals surface area contributed by atoms with E-state index in [1.165, 1.54) is 7.11 Å². The van der Waals surface area contributed by atoms with Gasteiger partial charge in [-0.1, -0.05) is 42.5 Å². The Bertz CT molecular complexity index is 608. The number of benzene rings is 2. The second-order valence-electron chi connectivity index (χ2n) is 4.69. The SMILES string of the molecule is CCOC(=O)c1c(COCc2ccccc2)cccc1OC. The van der Waals surface area contributed by atoms with Crippen LogP contribution in [0.5, 0.6) is 5.75 Å². The van der Waals surface area contributed by atoms with Crippen molar-refractivity contribution in [2.24, 2.45) is 0 Å². The summed E-state index contributed by atoms with van der Waals surface area (Å²) in [5, 5.41) is 0. The lowest BCUT2D eigenvalue weighted by atomic mass is 10.1. The van der Waals surface area contributed by atoms with Gasteiger partial charge in [-0.3, -0.25) is 0 Å². The molecule has 0 N–H and O–H groups in total. The Morgan fingerprint density at radius 2 is 1.77 bits per heavy atom. The molecule has 0 aliphatic rings. The van der Waals surface area contributed by atoms with E-state index in [0.717, 1.165) is 11.1 Å². The number of carbonyl (C=O) groups excluding carboxylic acids is 1. The van der Waals surface area contributed by atoms with Crippen LogP contribution in [0, 0.1) is 0 Å². The first-order valence-electron chi connectivity index (χ1n) is 7.21. The van der Waals surface area contributed by atoms with Gasteiger partial charge in [-0.05, 0) is 24.1 Å². The van der Waals surface area contributed by atoms with Gasteiger partial charge in [0.05, 0.1) is 26.9 Å². The zero-order valence-corrected chi connectivity index (χ0v) is 12.9. The maximum absolute atomic E-state index is 12.1. The van der Waals surface area contributed by atoms with Gasteiger partial charge in [-0.25, -0.2) is 4.79 Å². The van der Waals surface area contributed by atoms with E-state index < -0.39 is 5.97 Å². The fourth-order valence-electron chi connectivity index (χ4n) is 2.15. The monoisotopic (exact) mass is 300 g/mol. The normalized spacial score (nSPS) is 10.3. The fourth-order valence-corrected chi connectivity index (χ4v) is 2.15. The quantitative estimate of drug-likeness (QED) is 0.733. The first kappa shape index (κ1) is 16.0. The number of hydrogen-bond acceptors (Lipinski definition) is 4. The van der Waals surface area contributed by atoms with Gasteiger partial charge in [-0.15, -0.1) is 0 Å². The molecule has 2 aromatic carbocycles. The lowest BCUT2D eigenvalue weighted by Gasteiger charge is -2.13. The lowest BCUT2D eigenvalue weighted by Crippen LogP contribution is -2.11. The van der Waals surface area contributed by atoms with Gasteiger partial charge in [0.1, 0.15) is 11.3 Å². The Morgan fingerprint density at radius 3 is 2.45 bits per heavy atom. The lowest BCUT2D eigenvalue weighted by molar-refractivity contribution is 0.0512. The predicted molar refractivity (Wildman–Crippen MR) is 83.9 cm³/mol. The molecule has 0 saturated heterocycles. The van der Waals surface area contributed by atoms with E-state index in [1.54, 1.807) is 13.0 Å². The van der Waals surface area contributed by atoms with Crippen molar-refractivity contribution in [2.75, 3.05) is 13.7 Å². The van der Waals surface area contributed by atoms with E-state index in [0.29, 0.717) is 31.1 Å². The third-order valence-corrected chi connectivity index (χ3v) is 3.18. The van der Waals surface area contributed by atoms with Crippen molar-refractivity contribution in [2.45, 2.75) is 20.1 Å². The number of rotatable bonds is 7. The smallest absolute Gasteiger partial charge is 0.342 e. The van der Waals surface area contributed by atoms with Crippen molar-refractivity contribution in [1.29, 1.82) is 0 Å². The Balaban J connectivity index is 2.11. The molecular weight excluding hydrogens is 280 g/mol. The van der Waals surface area contributed by atoms with Crippen LogP contribution >= 0.6 is 0 Å². The molecule has 0 saturated carbocycles. The van der Waals surface area contributed by atoms with Gasteiger partial charge in [0.25, 0.3) is 0 Å². The summed E-state index contributed by atoms with van der Waals surface area (Å²) >= 11 is 0. The van der Waals surface area contributed by atoms with Crippen LogP contribution in [-0.2, 0) is 22.7 Å². The summed E-state index contributed by atoms with van der Waals surface area (Å²) in [5.41, 5.74) is 2.27. The van der Waals surface area contributed by atoms with Gasteiger partial charge in [0.2, 0.25) is 0 Å². The van der Waals surface area contributed by atoms with Gasteiger partial charge in [-0.2, -0.15) is 0 Å². The number of methoxy groups -OCH3 is 1. The molecule has 4 heteroatoms. The highest BCUT2D eigenvalue weighted by atomic mass is 16.5. The van der Waals surface area contributed by atoms with Crippen LogP contribution in [0.2, 0.25) is 0 Å². The third-order valence-electron chi connectivity index (χ3n) is 3.18. The highest BCUT2D eigenvalue weighted by Crippen LogP contribution is 2.24. The van der Waals surface area contributed by atoms with Crippen LogP contribution < -0.4 is 4.74 Å². The van der Waals surface area contributed by atoms with Crippen molar-refractivity contribution in [3.8, 4) is 5.75 Å². The highest BCUT2D eigenvalue weighted by molar-refractivity contribution is 5.94. The molecule has 0 aliphatic carbocycles. The van der Waals surface area contributed by atoms with Crippen molar-refractivity contribution < 1.29 is 19.0 Å². The predicted octanol–water partition coefficient (Wildman–Crippen LogP) is 3.59. The third kappa shape index (κ3) is 4.09. The van der Waals surface area contributed by atoms with E-state index >= 15 is 0 Å². The highest BCUT2D eigenvalue weighted by Gasteiger charge is 2.18. The second kappa shape index (κ2) is 8.20. The molecule has 0 spiro atoms. The number of ether oxygens (including phenoxy) is 3. The van der Waals surface area contributed by atoms with Crippen molar-refractivity contribution in [3.05, 3.63) is 65.2 Å². The van der Waals surface area contributed by atoms with Crippen molar-refractivity contribution in [1.82, 2.24) is 0 Å². The van der Waals surface area contributed by atoms with E-state index in [-0.39, 0.29) is 0 Å². The molecule has 0 atom stereocenters. The molecule has 22 heavy (non-hydrogen) atoms. The molecule has 0 fully saturated rings.